The van der Waals surface area contributed by atoms with E-state index in [9.17, 15) is 4.79 Å². The Labute approximate surface area is 146 Å². The van der Waals surface area contributed by atoms with Gasteiger partial charge in [-0.25, -0.2) is 4.79 Å². The second kappa shape index (κ2) is 6.28. The number of fused-ring (bicyclic) bond motifs is 3. The summed E-state index contributed by atoms with van der Waals surface area (Å²) in [5, 5.41) is 0.867. The van der Waals surface area contributed by atoms with E-state index in [0.29, 0.717) is 23.5 Å². The fraction of sp³-hybridized carbons (Fsp3) is 0.286. The lowest BCUT2D eigenvalue weighted by atomic mass is 9.82. The van der Waals surface area contributed by atoms with Gasteiger partial charge in [-0.2, -0.15) is 0 Å². The van der Waals surface area contributed by atoms with Crippen LogP contribution in [-0.2, 0) is 6.42 Å². The molecule has 2 unspecified atom stereocenters. The van der Waals surface area contributed by atoms with Crippen LogP contribution in [0.3, 0.4) is 0 Å². The summed E-state index contributed by atoms with van der Waals surface area (Å²) in [7, 11) is 1.66. The van der Waals surface area contributed by atoms with Crippen LogP contribution < -0.4 is 15.1 Å². The molecule has 4 heteroatoms. The molecule has 1 aromatic heterocycles. The van der Waals surface area contributed by atoms with Gasteiger partial charge in [-0.05, 0) is 42.2 Å². The number of hydrogen-bond donors (Lipinski definition) is 0. The van der Waals surface area contributed by atoms with Gasteiger partial charge in [0.1, 0.15) is 17.1 Å². The molecule has 2 heterocycles. The normalized spacial score (nSPS) is 19.3. The molecule has 0 saturated carbocycles. The van der Waals surface area contributed by atoms with Crippen LogP contribution in [0.1, 0.15) is 24.0 Å². The van der Waals surface area contributed by atoms with Crippen LogP contribution in [0.25, 0.3) is 11.0 Å². The third kappa shape index (κ3) is 2.78. The summed E-state index contributed by atoms with van der Waals surface area (Å²) in [5.41, 5.74) is 2.14. The molecule has 0 N–H and O–H groups in total. The topological polar surface area (TPSA) is 48.7 Å². The summed E-state index contributed by atoms with van der Waals surface area (Å²) in [6.45, 7) is 2.68. The quantitative estimate of drug-likeness (QED) is 0.674. The van der Waals surface area contributed by atoms with Gasteiger partial charge in [-0.3, -0.25) is 0 Å². The Bertz CT molecular complexity index is 956. The Kier molecular flexibility index (Phi) is 3.96. The summed E-state index contributed by atoms with van der Waals surface area (Å²) in [6, 6.07) is 15.6. The highest BCUT2D eigenvalue weighted by atomic mass is 16.5. The van der Waals surface area contributed by atoms with E-state index >= 15 is 0 Å². The van der Waals surface area contributed by atoms with Crippen molar-refractivity contribution in [1.82, 2.24) is 0 Å². The van der Waals surface area contributed by atoms with Crippen molar-refractivity contribution in [2.45, 2.75) is 19.3 Å². The highest BCUT2D eigenvalue weighted by molar-refractivity contribution is 5.84. The Morgan fingerprint density at radius 3 is 2.64 bits per heavy atom. The molecular weight excluding hydrogens is 316 g/mol. The van der Waals surface area contributed by atoms with Gasteiger partial charge in [-0.1, -0.05) is 31.2 Å². The Morgan fingerprint density at radius 1 is 1.12 bits per heavy atom. The zero-order chi connectivity index (χ0) is 17.4. The van der Waals surface area contributed by atoms with E-state index in [-0.39, 0.29) is 17.5 Å². The predicted octanol–water partition coefficient (Wildman–Crippen LogP) is 4.16. The zero-order valence-corrected chi connectivity index (χ0v) is 14.3. The smallest absolute Gasteiger partial charge is 0.343 e. The van der Waals surface area contributed by atoms with Crippen LogP contribution in [0.5, 0.6) is 11.5 Å². The minimum absolute atomic E-state index is 0.0757. The largest absolute Gasteiger partial charge is 0.497 e. The van der Waals surface area contributed by atoms with Crippen molar-refractivity contribution >= 4 is 11.0 Å². The maximum atomic E-state index is 12.5. The molecule has 4 rings (SSSR count). The molecule has 0 amide bonds. The standard InChI is InChI=1S/C21H20O4/c1-13-15(11-14-7-9-16(23-2)10-8-14)12-24-20-17-5-3-4-6-18(17)25-21(22)19(13)20/h3-10,13,15H,11-12H2,1-2H3. The van der Waals surface area contributed by atoms with E-state index in [1.807, 2.05) is 30.3 Å². The lowest BCUT2D eigenvalue weighted by molar-refractivity contribution is 0.196. The van der Waals surface area contributed by atoms with E-state index in [2.05, 4.69) is 19.1 Å². The SMILES string of the molecule is COc1ccc(CC2COc3c(c(=O)oc4ccccc34)C2C)cc1. The van der Waals surface area contributed by atoms with Crippen LogP contribution in [0.15, 0.2) is 57.7 Å². The van der Waals surface area contributed by atoms with E-state index < -0.39 is 0 Å². The molecule has 2 atom stereocenters. The lowest BCUT2D eigenvalue weighted by Crippen LogP contribution is -2.30. The Morgan fingerprint density at radius 2 is 1.88 bits per heavy atom. The van der Waals surface area contributed by atoms with Crippen LogP contribution in [0.4, 0.5) is 0 Å². The van der Waals surface area contributed by atoms with Gasteiger partial charge in [0.15, 0.2) is 0 Å². The van der Waals surface area contributed by atoms with Crippen LogP contribution in [0, 0.1) is 5.92 Å². The molecule has 0 spiro atoms. The number of rotatable bonds is 3. The van der Waals surface area contributed by atoms with E-state index in [1.165, 1.54) is 5.56 Å². The lowest BCUT2D eigenvalue weighted by Gasteiger charge is -2.31. The molecule has 1 aliphatic rings. The van der Waals surface area contributed by atoms with E-state index in [4.69, 9.17) is 13.9 Å². The minimum atomic E-state index is -0.291. The number of benzene rings is 2. The number of ether oxygens (including phenoxy) is 2. The molecule has 0 bridgehead atoms. The second-order valence-electron chi connectivity index (χ2n) is 6.54. The van der Waals surface area contributed by atoms with Gasteiger partial charge < -0.3 is 13.9 Å². The predicted molar refractivity (Wildman–Crippen MR) is 96.6 cm³/mol. The van der Waals surface area contributed by atoms with Crippen LogP contribution >= 0.6 is 0 Å². The molecule has 0 saturated heterocycles. The molecule has 0 aliphatic carbocycles. The monoisotopic (exact) mass is 336 g/mol. The number of para-hydroxylation sites is 1. The summed E-state index contributed by atoms with van der Waals surface area (Å²) in [5.74, 6) is 1.83. The fourth-order valence-corrected chi connectivity index (χ4v) is 3.55. The number of methoxy groups -OCH3 is 1. The van der Waals surface area contributed by atoms with Crippen molar-refractivity contribution < 1.29 is 13.9 Å². The van der Waals surface area contributed by atoms with Crippen LogP contribution in [0.2, 0.25) is 0 Å². The molecule has 4 nitrogen and oxygen atoms in total. The van der Waals surface area contributed by atoms with Crippen molar-refractivity contribution in [3.63, 3.8) is 0 Å². The maximum Gasteiger partial charge on any atom is 0.343 e. The van der Waals surface area contributed by atoms with E-state index in [1.54, 1.807) is 13.2 Å². The molecular formula is C21H20O4. The van der Waals surface area contributed by atoms with Gasteiger partial charge in [0.05, 0.1) is 24.7 Å². The summed E-state index contributed by atoms with van der Waals surface area (Å²) in [4.78, 5) is 12.5. The van der Waals surface area contributed by atoms with Gasteiger partial charge in [0, 0.05) is 5.92 Å². The highest BCUT2D eigenvalue weighted by Gasteiger charge is 2.32. The van der Waals surface area contributed by atoms with Gasteiger partial charge in [0.25, 0.3) is 0 Å². The molecule has 0 radical (unpaired) electrons. The summed E-state index contributed by atoms with van der Waals surface area (Å²) in [6.07, 6.45) is 0.844. The maximum absolute atomic E-state index is 12.5. The van der Waals surface area contributed by atoms with Crippen molar-refractivity contribution in [3.8, 4) is 11.5 Å². The van der Waals surface area contributed by atoms with Gasteiger partial charge in [-0.15, -0.1) is 0 Å². The zero-order valence-electron chi connectivity index (χ0n) is 14.3. The highest BCUT2D eigenvalue weighted by Crippen LogP contribution is 2.40. The summed E-state index contributed by atoms with van der Waals surface area (Å²) < 4.78 is 16.7. The van der Waals surface area contributed by atoms with Crippen molar-refractivity contribution in [2.24, 2.45) is 5.92 Å². The third-order valence-corrected chi connectivity index (χ3v) is 5.06. The van der Waals surface area contributed by atoms with Gasteiger partial charge in [0.2, 0.25) is 0 Å². The van der Waals surface area contributed by atoms with E-state index in [0.717, 1.165) is 17.6 Å². The minimum Gasteiger partial charge on any atom is -0.497 e. The molecule has 2 aromatic carbocycles. The van der Waals surface area contributed by atoms with Crippen molar-refractivity contribution in [2.75, 3.05) is 13.7 Å². The first-order valence-electron chi connectivity index (χ1n) is 8.49. The first-order valence-corrected chi connectivity index (χ1v) is 8.49. The molecule has 1 aliphatic heterocycles. The fourth-order valence-electron chi connectivity index (χ4n) is 3.55. The van der Waals surface area contributed by atoms with Crippen LogP contribution in [-0.4, -0.2) is 13.7 Å². The first kappa shape index (κ1) is 15.8. The summed E-state index contributed by atoms with van der Waals surface area (Å²) >= 11 is 0. The number of hydrogen-bond acceptors (Lipinski definition) is 4. The Balaban J connectivity index is 1.67. The van der Waals surface area contributed by atoms with Crippen molar-refractivity contribution in [3.05, 3.63) is 70.1 Å². The first-order chi connectivity index (χ1) is 12.2. The molecule has 3 aromatic rings. The molecule has 25 heavy (non-hydrogen) atoms. The average molecular weight is 336 g/mol. The third-order valence-electron chi connectivity index (χ3n) is 5.06. The second-order valence-corrected chi connectivity index (χ2v) is 6.54. The average Bonchev–Trinajstić information content (AvgIpc) is 2.64. The van der Waals surface area contributed by atoms with Gasteiger partial charge >= 0.3 is 5.63 Å². The van der Waals surface area contributed by atoms with Crippen molar-refractivity contribution in [1.29, 1.82) is 0 Å². The molecule has 0 fully saturated rings. The Hall–Kier alpha value is -2.75. The molecule has 128 valence electrons.